The summed E-state index contributed by atoms with van der Waals surface area (Å²) in [4.78, 5) is 4.42. The van der Waals surface area contributed by atoms with Crippen molar-refractivity contribution in [2.24, 2.45) is 0 Å². The third kappa shape index (κ3) is 3.44. The van der Waals surface area contributed by atoms with E-state index < -0.39 is 0 Å². The molecule has 0 saturated heterocycles. The Morgan fingerprint density at radius 1 is 0.800 bits per heavy atom. The molecule has 3 rings (SSSR count). The molecule has 154 valence electrons. The lowest BCUT2D eigenvalue weighted by Crippen LogP contribution is -2.05. The number of benzene rings is 2. The van der Waals surface area contributed by atoms with Gasteiger partial charge in [0.2, 0.25) is 0 Å². The molecular weight excluding hydrogens is 382 g/mol. The van der Waals surface area contributed by atoms with Gasteiger partial charge in [0.1, 0.15) is 28.9 Å². The summed E-state index contributed by atoms with van der Waals surface area (Å²) in [6, 6.07) is 13.2. The zero-order valence-electron chi connectivity index (χ0n) is 17.6. The lowest BCUT2D eigenvalue weighted by molar-refractivity contribution is 0.349. The lowest BCUT2D eigenvalue weighted by Gasteiger charge is -2.21. The standard InChI is InChI=1S/C23H23N3O4/c1-13-21(14-8-6-7-9-17(14)27-2)22(16(12-24)23(25)26-13)15-10-19(29-4)20(30-5)11-18(15)28-3/h6-11H,1-5H3,(H2,25,26). The molecule has 3 aromatic rings. The number of nitrogens with zero attached hydrogens (tertiary/aromatic N) is 2. The first-order valence-electron chi connectivity index (χ1n) is 9.14. The molecule has 7 heteroatoms. The topological polar surface area (TPSA) is 99.6 Å². The fourth-order valence-corrected chi connectivity index (χ4v) is 3.51. The van der Waals surface area contributed by atoms with Gasteiger partial charge >= 0.3 is 0 Å². The summed E-state index contributed by atoms with van der Waals surface area (Å²) in [5.41, 5.74) is 9.77. The Labute approximate surface area is 175 Å². The quantitative estimate of drug-likeness (QED) is 0.655. The van der Waals surface area contributed by atoms with Crippen molar-refractivity contribution in [3.05, 3.63) is 47.7 Å². The number of hydrogen-bond donors (Lipinski definition) is 1. The van der Waals surface area contributed by atoms with Crippen LogP contribution in [0.1, 0.15) is 11.3 Å². The minimum atomic E-state index is 0.139. The van der Waals surface area contributed by atoms with E-state index in [1.165, 1.54) is 0 Å². The second-order valence-electron chi connectivity index (χ2n) is 6.43. The third-order valence-electron chi connectivity index (χ3n) is 4.87. The van der Waals surface area contributed by atoms with Gasteiger partial charge in [-0.3, -0.25) is 0 Å². The zero-order chi connectivity index (χ0) is 21.8. The predicted octanol–water partition coefficient (Wildman–Crippen LogP) is 4.21. The highest BCUT2D eigenvalue weighted by atomic mass is 16.5. The largest absolute Gasteiger partial charge is 0.496 e. The second kappa shape index (κ2) is 8.62. The average molecular weight is 405 g/mol. The molecule has 0 unspecified atom stereocenters. The van der Waals surface area contributed by atoms with Crippen molar-refractivity contribution in [1.82, 2.24) is 4.98 Å². The molecule has 0 bridgehead atoms. The summed E-state index contributed by atoms with van der Waals surface area (Å²) in [6.07, 6.45) is 0. The highest BCUT2D eigenvalue weighted by molar-refractivity contribution is 5.95. The van der Waals surface area contributed by atoms with Crippen molar-refractivity contribution >= 4 is 5.82 Å². The van der Waals surface area contributed by atoms with Crippen molar-refractivity contribution in [1.29, 1.82) is 5.26 Å². The number of rotatable bonds is 6. The molecule has 0 aliphatic heterocycles. The molecular formula is C23H23N3O4. The van der Waals surface area contributed by atoms with E-state index in [9.17, 15) is 5.26 Å². The van der Waals surface area contributed by atoms with Crippen molar-refractivity contribution in [3.63, 3.8) is 0 Å². The minimum absolute atomic E-state index is 0.139. The first-order chi connectivity index (χ1) is 14.5. The summed E-state index contributed by atoms with van der Waals surface area (Å²) < 4.78 is 22.1. The highest BCUT2D eigenvalue weighted by Gasteiger charge is 2.25. The van der Waals surface area contributed by atoms with Gasteiger partial charge in [0.05, 0.1) is 28.4 Å². The van der Waals surface area contributed by atoms with E-state index in [0.717, 1.165) is 11.1 Å². The van der Waals surface area contributed by atoms with Crippen LogP contribution in [0, 0.1) is 18.3 Å². The van der Waals surface area contributed by atoms with E-state index in [0.29, 0.717) is 39.8 Å². The van der Waals surface area contributed by atoms with E-state index in [4.69, 9.17) is 24.7 Å². The fraction of sp³-hybridized carbons (Fsp3) is 0.217. The van der Waals surface area contributed by atoms with Gasteiger partial charge in [-0.25, -0.2) is 4.98 Å². The van der Waals surface area contributed by atoms with Gasteiger partial charge in [-0.1, -0.05) is 18.2 Å². The number of pyridine rings is 1. The Bertz CT molecular complexity index is 1140. The van der Waals surface area contributed by atoms with E-state index in [-0.39, 0.29) is 11.4 Å². The van der Waals surface area contributed by atoms with Crippen molar-refractivity contribution in [2.75, 3.05) is 34.2 Å². The number of aryl methyl sites for hydroxylation is 1. The number of aromatic nitrogens is 1. The van der Waals surface area contributed by atoms with E-state index in [1.54, 1.807) is 40.6 Å². The summed E-state index contributed by atoms with van der Waals surface area (Å²) in [5.74, 6) is 2.30. The van der Waals surface area contributed by atoms with Gasteiger partial charge in [0.15, 0.2) is 11.5 Å². The molecule has 0 radical (unpaired) electrons. The second-order valence-corrected chi connectivity index (χ2v) is 6.43. The highest BCUT2D eigenvalue weighted by Crippen LogP contribution is 2.47. The molecule has 0 aliphatic carbocycles. The number of ether oxygens (including phenoxy) is 4. The minimum Gasteiger partial charge on any atom is -0.496 e. The van der Waals surface area contributed by atoms with Crippen molar-refractivity contribution in [2.45, 2.75) is 6.92 Å². The third-order valence-corrected chi connectivity index (χ3v) is 4.87. The summed E-state index contributed by atoms with van der Waals surface area (Å²) in [6.45, 7) is 1.84. The van der Waals surface area contributed by atoms with E-state index in [2.05, 4.69) is 11.1 Å². The van der Waals surface area contributed by atoms with Crippen LogP contribution < -0.4 is 24.7 Å². The lowest BCUT2D eigenvalue weighted by atomic mass is 9.89. The Morgan fingerprint density at radius 2 is 1.40 bits per heavy atom. The van der Waals surface area contributed by atoms with Gasteiger partial charge in [0.25, 0.3) is 0 Å². The van der Waals surface area contributed by atoms with Gasteiger partial charge < -0.3 is 24.7 Å². The summed E-state index contributed by atoms with van der Waals surface area (Å²) in [7, 11) is 6.25. The molecule has 0 aliphatic rings. The molecule has 0 spiro atoms. The van der Waals surface area contributed by atoms with Gasteiger partial charge in [-0.05, 0) is 19.1 Å². The van der Waals surface area contributed by atoms with E-state index in [1.807, 2.05) is 31.2 Å². The van der Waals surface area contributed by atoms with Crippen molar-refractivity contribution in [3.8, 4) is 51.3 Å². The first-order valence-corrected chi connectivity index (χ1v) is 9.14. The summed E-state index contributed by atoms with van der Waals surface area (Å²) >= 11 is 0. The van der Waals surface area contributed by atoms with Crippen LogP contribution in [0.4, 0.5) is 5.82 Å². The Balaban J connectivity index is 2.51. The molecule has 0 amide bonds. The number of methoxy groups -OCH3 is 4. The smallest absolute Gasteiger partial charge is 0.164 e. The average Bonchev–Trinajstić information content (AvgIpc) is 2.77. The summed E-state index contributed by atoms with van der Waals surface area (Å²) in [5, 5.41) is 9.94. The molecule has 0 fully saturated rings. The van der Waals surface area contributed by atoms with Gasteiger partial charge in [-0.2, -0.15) is 5.26 Å². The molecule has 1 aromatic heterocycles. The molecule has 7 nitrogen and oxygen atoms in total. The molecule has 2 N–H and O–H groups in total. The fourth-order valence-electron chi connectivity index (χ4n) is 3.51. The first kappa shape index (κ1) is 20.8. The maximum absolute atomic E-state index is 9.94. The van der Waals surface area contributed by atoms with Crippen LogP contribution in [0.3, 0.4) is 0 Å². The monoisotopic (exact) mass is 405 g/mol. The van der Waals surface area contributed by atoms with Crippen LogP contribution >= 0.6 is 0 Å². The van der Waals surface area contributed by atoms with Crippen LogP contribution in [0.5, 0.6) is 23.0 Å². The molecule has 30 heavy (non-hydrogen) atoms. The Morgan fingerprint density at radius 3 is 2.00 bits per heavy atom. The Kier molecular flexibility index (Phi) is 5.98. The molecule has 0 saturated carbocycles. The predicted molar refractivity (Wildman–Crippen MR) is 115 cm³/mol. The maximum Gasteiger partial charge on any atom is 0.164 e. The number of nitriles is 1. The van der Waals surface area contributed by atoms with E-state index >= 15 is 0 Å². The normalized spacial score (nSPS) is 10.3. The number of para-hydroxylation sites is 1. The van der Waals surface area contributed by atoms with Crippen molar-refractivity contribution < 1.29 is 18.9 Å². The number of nitrogen functional groups attached to an aromatic ring is 1. The SMILES string of the molecule is COc1cc(OC)c(-c2c(C#N)c(N)nc(C)c2-c2ccccc2OC)cc1OC. The van der Waals surface area contributed by atoms with Crippen LogP contribution in [-0.4, -0.2) is 33.4 Å². The maximum atomic E-state index is 9.94. The number of nitrogens with two attached hydrogens (primary N) is 1. The van der Waals surface area contributed by atoms with Gasteiger partial charge in [0, 0.05) is 34.0 Å². The Hall–Kier alpha value is -3.92. The van der Waals surface area contributed by atoms with Crippen LogP contribution in [0.15, 0.2) is 36.4 Å². The molecule has 2 aromatic carbocycles. The molecule has 0 atom stereocenters. The van der Waals surface area contributed by atoms with Crippen LogP contribution in [-0.2, 0) is 0 Å². The zero-order valence-corrected chi connectivity index (χ0v) is 17.6. The number of hydrogen-bond acceptors (Lipinski definition) is 7. The van der Waals surface area contributed by atoms with Gasteiger partial charge in [-0.15, -0.1) is 0 Å². The van der Waals surface area contributed by atoms with Crippen LogP contribution in [0.2, 0.25) is 0 Å². The number of anilines is 1. The van der Waals surface area contributed by atoms with Crippen LogP contribution in [0.25, 0.3) is 22.3 Å². The molecule has 1 heterocycles.